The summed E-state index contributed by atoms with van der Waals surface area (Å²) < 4.78 is 0. The number of carbonyl (C=O) groups is 2. The third kappa shape index (κ3) is 17.3. The second-order valence-corrected chi connectivity index (χ2v) is 11.6. The molecule has 3 aromatic rings. The largest absolute Gasteiger partial charge is 0.380 e. The van der Waals surface area contributed by atoms with Crippen molar-refractivity contribution in [2.45, 2.75) is 113 Å². The minimum atomic E-state index is 0.0127. The molecule has 0 bridgehead atoms. The first kappa shape index (κ1) is 44.1. The molecule has 1 aliphatic rings. The lowest BCUT2D eigenvalue weighted by molar-refractivity contribution is -0.119. The Kier molecular flexibility index (Phi) is 25.9. The lowest BCUT2D eigenvalue weighted by atomic mass is 9.93. The number of aliphatic imine (C=N–C) groups is 1. The quantitative estimate of drug-likeness (QED) is 0.0740. The van der Waals surface area contributed by atoms with Crippen molar-refractivity contribution in [2.24, 2.45) is 4.99 Å². The van der Waals surface area contributed by atoms with Crippen LogP contribution in [0.4, 0.5) is 0 Å². The standard InChI is InChI=1S/C19H27N3OS.C16H16.C3H8.C2H4O.C2H6/c1-4-18(17-11-7-5-8-12-17)21-15(2)22-19(23)13-9-6-10-14-20-16(3)24;1-2-7-12-13-8-3-5-10-15(13)16-11-6-4-9-14(12)16;1-3-2;1-2-3;1-2/h4-5,7-8,11-12H,6,9-10,13-14H2,1-3H3,(H,20,24)(H,21,22,23);3-6,8-12H,2,7H2,1H3;3H2,1-2H3;2H,1H3;1-2H3/b18-4-;;;;. The molecule has 6 heteroatoms. The van der Waals surface area contributed by atoms with Crippen molar-refractivity contribution >= 4 is 40.9 Å². The number of amidine groups is 1. The number of allylic oxidation sites excluding steroid dienone is 1. The number of nitrogens with zero attached hydrogens (tertiary/aromatic N) is 1. The van der Waals surface area contributed by atoms with Gasteiger partial charge in [0.1, 0.15) is 12.1 Å². The van der Waals surface area contributed by atoms with Gasteiger partial charge in [-0.05, 0) is 74.8 Å². The summed E-state index contributed by atoms with van der Waals surface area (Å²) >= 11 is 4.95. The Morgan fingerprint density at radius 1 is 0.812 bits per heavy atom. The van der Waals surface area contributed by atoms with Gasteiger partial charge in [0.15, 0.2) is 0 Å². The SMILES string of the molecule is C/C=C(\N=C(C)NC(=O)CCCCCNC(C)=S)c1ccccc1.CC.CC=O.CCC.CCCC1c2ccccc2-c2ccccc21. The fourth-order valence-electron chi connectivity index (χ4n) is 5.09. The minimum Gasteiger partial charge on any atom is -0.380 e. The molecule has 48 heavy (non-hydrogen) atoms. The summed E-state index contributed by atoms with van der Waals surface area (Å²) in [6.45, 7) is 18.5. The Bertz CT molecular complexity index is 1340. The van der Waals surface area contributed by atoms with Crippen molar-refractivity contribution in [3.8, 4) is 11.1 Å². The van der Waals surface area contributed by atoms with Crippen LogP contribution in [-0.2, 0) is 9.59 Å². The number of unbranched alkanes of at least 4 members (excludes halogenated alkanes) is 2. The van der Waals surface area contributed by atoms with Crippen LogP contribution in [0.1, 0.15) is 130 Å². The van der Waals surface area contributed by atoms with Crippen molar-refractivity contribution in [2.75, 3.05) is 6.54 Å². The van der Waals surface area contributed by atoms with Crippen molar-refractivity contribution in [3.63, 3.8) is 0 Å². The molecular weight excluding hydrogens is 611 g/mol. The van der Waals surface area contributed by atoms with E-state index in [0.717, 1.165) is 48.3 Å². The Labute approximate surface area is 297 Å². The number of thiocarbonyl (C=S) groups is 1. The summed E-state index contributed by atoms with van der Waals surface area (Å²) in [6.07, 6.45) is 9.85. The highest BCUT2D eigenvalue weighted by Crippen LogP contribution is 2.46. The number of hydrogen-bond donors (Lipinski definition) is 2. The molecule has 0 spiro atoms. The number of nitrogens with one attached hydrogen (secondary N) is 2. The van der Waals surface area contributed by atoms with E-state index in [0.29, 0.717) is 18.2 Å². The molecule has 0 aliphatic heterocycles. The van der Waals surface area contributed by atoms with Crippen molar-refractivity contribution in [1.82, 2.24) is 10.6 Å². The van der Waals surface area contributed by atoms with Gasteiger partial charge in [0.2, 0.25) is 5.91 Å². The van der Waals surface area contributed by atoms with Gasteiger partial charge in [-0.3, -0.25) is 4.79 Å². The predicted molar refractivity (Wildman–Crippen MR) is 214 cm³/mol. The molecule has 5 nitrogen and oxygen atoms in total. The van der Waals surface area contributed by atoms with Gasteiger partial charge in [0.25, 0.3) is 0 Å². The van der Waals surface area contributed by atoms with Crippen LogP contribution in [0, 0.1) is 0 Å². The number of carbonyl (C=O) groups excluding carboxylic acids is 2. The summed E-state index contributed by atoms with van der Waals surface area (Å²) in [5.41, 5.74) is 7.81. The lowest BCUT2D eigenvalue weighted by Gasteiger charge is -2.11. The summed E-state index contributed by atoms with van der Waals surface area (Å²) in [7, 11) is 0. The summed E-state index contributed by atoms with van der Waals surface area (Å²) in [5, 5.41) is 5.97. The van der Waals surface area contributed by atoms with Gasteiger partial charge in [-0.25, -0.2) is 4.99 Å². The number of fused-ring (bicyclic) bond motifs is 3. The Morgan fingerprint density at radius 2 is 1.31 bits per heavy atom. The van der Waals surface area contributed by atoms with Gasteiger partial charge in [0, 0.05) is 18.9 Å². The van der Waals surface area contributed by atoms with Crippen LogP contribution in [0.25, 0.3) is 16.8 Å². The zero-order valence-corrected chi connectivity index (χ0v) is 31.9. The molecule has 1 amide bonds. The van der Waals surface area contributed by atoms with E-state index in [2.05, 4.69) is 84.9 Å². The number of rotatable bonds is 10. The van der Waals surface area contributed by atoms with Crippen LogP contribution in [0.2, 0.25) is 0 Å². The van der Waals surface area contributed by atoms with Crippen molar-refractivity contribution < 1.29 is 9.59 Å². The van der Waals surface area contributed by atoms with E-state index in [1.165, 1.54) is 48.4 Å². The molecule has 0 aromatic heterocycles. The monoisotopic (exact) mass is 671 g/mol. The first-order chi connectivity index (χ1) is 23.3. The van der Waals surface area contributed by atoms with E-state index in [9.17, 15) is 4.79 Å². The zero-order chi connectivity index (χ0) is 36.2. The Morgan fingerprint density at radius 3 is 1.79 bits per heavy atom. The maximum Gasteiger partial charge on any atom is 0.225 e. The first-order valence-corrected chi connectivity index (χ1v) is 18.1. The van der Waals surface area contributed by atoms with Gasteiger partial charge in [-0.2, -0.15) is 0 Å². The van der Waals surface area contributed by atoms with Crippen LogP contribution < -0.4 is 10.6 Å². The van der Waals surface area contributed by atoms with E-state index in [-0.39, 0.29) is 5.91 Å². The second kappa shape index (κ2) is 28.1. The first-order valence-electron chi connectivity index (χ1n) is 17.7. The maximum absolute atomic E-state index is 12.0. The predicted octanol–water partition coefficient (Wildman–Crippen LogP) is 11.3. The molecule has 0 fully saturated rings. The number of benzene rings is 3. The van der Waals surface area contributed by atoms with Crippen LogP contribution in [-0.4, -0.2) is 29.6 Å². The highest BCUT2D eigenvalue weighted by atomic mass is 32.1. The van der Waals surface area contributed by atoms with Gasteiger partial charge in [-0.15, -0.1) is 0 Å². The average Bonchev–Trinajstić information content (AvgIpc) is 3.41. The van der Waals surface area contributed by atoms with Gasteiger partial charge in [0.05, 0.1) is 10.7 Å². The van der Waals surface area contributed by atoms with E-state index >= 15 is 0 Å². The molecule has 3 aromatic carbocycles. The molecule has 0 saturated heterocycles. The number of aldehydes is 1. The highest BCUT2D eigenvalue weighted by Gasteiger charge is 2.26. The molecule has 262 valence electrons. The van der Waals surface area contributed by atoms with E-state index in [1.807, 2.05) is 71.0 Å². The van der Waals surface area contributed by atoms with E-state index in [4.69, 9.17) is 17.0 Å². The molecule has 0 radical (unpaired) electrons. The summed E-state index contributed by atoms with van der Waals surface area (Å²) in [6, 6.07) is 27.6. The summed E-state index contributed by atoms with van der Waals surface area (Å²) in [5.74, 6) is 1.26. The molecule has 0 atom stereocenters. The van der Waals surface area contributed by atoms with Gasteiger partial charge >= 0.3 is 0 Å². The van der Waals surface area contributed by atoms with Crippen LogP contribution in [0.5, 0.6) is 0 Å². The fraction of sp³-hybridized carbons (Fsp3) is 0.429. The van der Waals surface area contributed by atoms with Gasteiger partial charge < -0.3 is 15.4 Å². The topological polar surface area (TPSA) is 70.6 Å². The fourth-order valence-corrected chi connectivity index (χ4v) is 5.19. The molecular formula is C42H61N3O2S. The normalized spacial score (nSPS) is 11.3. The van der Waals surface area contributed by atoms with Crippen molar-refractivity contribution in [1.29, 1.82) is 0 Å². The molecule has 0 saturated carbocycles. The Hall–Kier alpha value is -3.90. The minimum absolute atomic E-state index is 0.0127. The smallest absolute Gasteiger partial charge is 0.225 e. The third-order valence-corrected chi connectivity index (χ3v) is 7.09. The van der Waals surface area contributed by atoms with E-state index in [1.54, 1.807) is 0 Å². The molecule has 0 unspecified atom stereocenters. The second-order valence-electron chi connectivity index (χ2n) is 11.0. The average molecular weight is 672 g/mol. The highest BCUT2D eigenvalue weighted by molar-refractivity contribution is 7.80. The molecule has 1 aliphatic carbocycles. The third-order valence-electron chi connectivity index (χ3n) is 6.95. The molecule has 2 N–H and O–H groups in total. The van der Waals surface area contributed by atoms with Crippen LogP contribution >= 0.6 is 12.2 Å². The number of hydrogen-bond acceptors (Lipinski definition) is 4. The van der Waals surface area contributed by atoms with Gasteiger partial charge in [-0.1, -0.05) is 151 Å². The van der Waals surface area contributed by atoms with E-state index < -0.39 is 0 Å². The van der Waals surface area contributed by atoms with Crippen LogP contribution in [0.15, 0.2) is 89.9 Å². The van der Waals surface area contributed by atoms with Crippen molar-refractivity contribution in [3.05, 3.63) is 102 Å². The zero-order valence-electron chi connectivity index (χ0n) is 31.1. The summed E-state index contributed by atoms with van der Waals surface area (Å²) in [4.78, 5) is 26.1. The Balaban J connectivity index is 0.000000786. The van der Waals surface area contributed by atoms with Crippen LogP contribution in [0.3, 0.4) is 0 Å². The number of amides is 1. The lowest BCUT2D eigenvalue weighted by Crippen LogP contribution is -2.28. The molecule has 4 rings (SSSR count). The molecule has 0 heterocycles. The maximum atomic E-state index is 12.0.